The molecule has 0 aliphatic rings. The molecule has 1 amide bonds. The normalized spacial score (nSPS) is 10.6. The van der Waals surface area contributed by atoms with Gasteiger partial charge in [0.25, 0.3) is 0 Å². The first kappa shape index (κ1) is 18.3. The smallest absolute Gasteiger partial charge is 0.248 e. The summed E-state index contributed by atoms with van der Waals surface area (Å²) in [5.41, 5.74) is 3.67. The molecular formula is C23H22N2O2. The van der Waals surface area contributed by atoms with Gasteiger partial charge < -0.3 is 15.4 Å². The van der Waals surface area contributed by atoms with Crippen LogP contribution in [0.2, 0.25) is 0 Å². The van der Waals surface area contributed by atoms with Crippen molar-refractivity contribution in [2.75, 3.05) is 17.2 Å². The fourth-order valence-electron chi connectivity index (χ4n) is 2.52. The van der Waals surface area contributed by atoms with Crippen LogP contribution < -0.4 is 15.4 Å². The lowest BCUT2D eigenvalue weighted by Crippen LogP contribution is -2.07. The maximum absolute atomic E-state index is 12.1. The van der Waals surface area contributed by atoms with Crippen molar-refractivity contribution in [3.63, 3.8) is 0 Å². The van der Waals surface area contributed by atoms with Crippen LogP contribution in [0.1, 0.15) is 12.5 Å². The summed E-state index contributed by atoms with van der Waals surface area (Å²) in [6.07, 6.45) is 3.29. The van der Waals surface area contributed by atoms with E-state index in [1.54, 1.807) is 6.08 Å². The third kappa shape index (κ3) is 5.75. The zero-order valence-electron chi connectivity index (χ0n) is 15.2. The number of rotatable bonds is 7. The van der Waals surface area contributed by atoms with E-state index in [1.807, 2.05) is 85.8 Å². The molecule has 0 fully saturated rings. The van der Waals surface area contributed by atoms with Crippen LogP contribution in [-0.2, 0) is 4.79 Å². The molecule has 0 aromatic heterocycles. The minimum absolute atomic E-state index is 0.173. The summed E-state index contributed by atoms with van der Waals surface area (Å²) >= 11 is 0. The van der Waals surface area contributed by atoms with Gasteiger partial charge in [-0.15, -0.1) is 0 Å². The number of carbonyl (C=O) groups excluding carboxylic acids is 1. The van der Waals surface area contributed by atoms with E-state index in [2.05, 4.69) is 10.6 Å². The molecule has 0 bridgehead atoms. The number of hydrogen-bond acceptors (Lipinski definition) is 3. The van der Waals surface area contributed by atoms with Gasteiger partial charge in [-0.05, 0) is 67.1 Å². The van der Waals surface area contributed by atoms with Crippen LogP contribution in [0.5, 0.6) is 5.75 Å². The molecule has 0 radical (unpaired) electrons. The van der Waals surface area contributed by atoms with Crippen molar-refractivity contribution in [1.82, 2.24) is 0 Å². The summed E-state index contributed by atoms with van der Waals surface area (Å²) < 4.78 is 5.40. The number of anilines is 3. The predicted molar refractivity (Wildman–Crippen MR) is 111 cm³/mol. The van der Waals surface area contributed by atoms with Crippen LogP contribution in [0.25, 0.3) is 6.08 Å². The van der Waals surface area contributed by atoms with Gasteiger partial charge in [-0.25, -0.2) is 0 Å². The summed E-state index contributed by atoms with van der Waals surface area (Å²) in [6.45, 7) is 2.58. The number of hydrogen-bond donors (Lipinski definition) is 2. The Morgan fingerprint density at radius 2 is 1.48 bits per heavy atom. The summed E-state index contributed by atoms with van der Waals surface area (Å²) in [4.78, 5) is 12.1. The Labute approximate surface area is 159 Å². The monoisotopic (exact) mass is 358 g/mol. The van der Waals surface area contributed by atoms with Gasteiger partial charge in [0.05, 0.1) is 6.61 Å². The number of para-hydroxylation sites is 1. The zero-order chi connectivity index (χ0) is 18.9. The van der Waals surface area contributed by atoms with Gasteiger partial charge in [-0.1, -0.05) is 30.3 Å². The first-order valence-electron chi connectivity index (χ1n) is 8.87. The lowest BCUT2D eigenvalue weighted by molar-refractivity contribution is -0.111. The maximum Gasteiger partial charge on any atom is 0.248 e. The molecular weight excluding hydrogens is 336 g/mol. The molecule has 0 unspecified atom stereocenters. The maximum atomic E-state index is 12.1. The van der Waals surface area contributed by atoms with E-state index in [4.69, 9.17) is 4.74 Å². The lowest BCUT2D eigenvalue weighted by atomic mass is 10.2. The molecule has 27 heavy (non-hydrogen) atoms. The zero-order valence-corrected chi connectivity index (χ0v) is 15.2. The number of amides is 1. The quantitative estimate of drug-likeness (QED) is 0.550. The van der Waals surface area contributed by atoms with Crippen LogP contribution in [-0.4, -0.2) is 12.5 Å². The molecule has 0 saturated heterocycles. The fraction of sp³-hybridized carbons (Fsp3) is 0.0870. The van der Waals surface area contributed by atoms with Crippen molar-refractivity contribution in [3.05, 3.63) is 90.5 Å². The van der Waals surface area contributed by atoms with E-state index in [-0.39, 0.29) is 5.91 Å². The van der Waals surface area contributed by atoms with Crippen LogP contribution >= 0.6 is 0 Å². The Balaban J connectivity index is 1.54. The van der Waals surface area contributed by atoms with Gasteiger partial charge in [-0.3, -0.25) is 4.79 Å². The number of nitrogens with one attached hydrogen (secondary N) is 2. The Hall–Kier alpha value is -3.53. The van der Waals surface area contributed by atoms with Crippen LogP contribution in [0.15, 0.2) is 84.9 Å². The van der Waals surface area contributed by atoms with Gasteiger partial charge in [0.1, 0.15) is 5.75 Å². The third-order valence-electron chi connectivity index (χ3n) is 3.83. The number of carbonyl (C=O) groups is 1. The van der Waals surface area contributed by atoms with Crippen molar-refractivity contribution in [2.24, 2.45) is 0 Å². The molecule has 3 aromatic carbocycles. The molecule has 0 aliphatic carbocycles. The largest absolute Gasteiger partial charge is 0.494 e. The Morgan fingerprint density at radius 1 is 0.852 bits per heavy atom. The minimum atomic E-state index is -0.173. The molecule has 0 heterocycles. The van der Waals surface area contributed by atoms with Gasteiger partial charge in [0.2, 0.25) is 5.91 Å². The van der Waals surface area contributed by atoms with E-state index >= 15 is 0 Å². The second-order valence-corrected chi connectivity index (χ2v) is 5.89. The molecule has 4 heteroatoms. The molecule has 0 aliphatic heterocycles. The lowest BCUT2D eigenvalue weighted by Gasteiger charge is -2.07. The second kappa shape index (κ2) is 9.25. The van der Waals surface area contributed by atoms with Crippen molar-refractivity contribution >= 4 is 29.0 Å². The summed E-state index contributed by atoms with van der Waals surface area (Å²) in [5.74, 6) is 0.649. The summed E-state index contributed by atoms with van der Waals surface area (Å²) in [6, 6.07) is 25.1. The highest BCUT2D eigenvalue weighted by atomic mass is 16.5. The van der Waals surface area contributed by atoms with Crippen molar-refractivity contribution in [2.45, 2.75) is 6.92 Å². The first-order valence-corrected chi connectivity index (χ1v) is 8.87. The highest BCUT2D eigenvalue weighted by Gasteiger charge is 1.99. The molecule has 0 saturated carbocycles. The Kier molecular flexibility index (Phi) is 6.26. The number of ether oxygens (including phenoxy) is 1. The van der Waals surface area contributed by atoms with Crippen molar-refractivity contribution in [1.29, 1.82) is 0 Å². The van der Waals surface area contributed by atoms with E-state index in [1.165, 1.54) is 6.08 Å². The summed E-state index contributed by atoms with van der Waals surface area (Å²) in [5, 5.41) is 6.16. The molecule has 3 aromatic rings. The molecule has 2 N–H and O–H groups in total. The van der Waals surface area contributed by atoms with Crippen LogP contribution in [0.4, 0.5) is 17.1 Å². The Bertz CT molecular complexity index is 886. The predicted octanol–water partition coefficient (Wildman–Crippen LogP) is 5.48. The van der Waals surface area contributed by atoms with Crippen LogP contribution in [0.3, 0.4) is 0 Å². The van der Waals surface area contributed by atoms with E-state index in [9.17, 15) is 4.79 Å². The molecule has 136 valence electrons. The van der Waals surface area contributed by atoms with Crippen LogP contribution in [0, 0.1) is 0 Å². The average molecular weight is 358 g/mol. The van der Waals surface area contributed by atoms with Crippen molar-refractivity contribution in [3.8, 4) is 5.75 Å². The highest BCUT2D eigenvalue weighted by Crippen LogP contribution is 2.19. The summed E-state index contributed by atoms with van der Waals surface area (Å²) in [7, 11) is 0. The van der Waals surface area contributed by atoms with Gasteiger partial charge >= 0.3 is 0 Å². The van der Waals surface area contributed by atoms with Gasteiger partial charge in [0, 0.05) is 23.1 Å². The van der Waals surface area contributed by atoms with E-state index in [0.29, 0.717) is 6.61 Å². The standard InChI is InChI=1S/C23H22N2O2/c1-2-27-22-15-8-18(9-16-22)10-17-23(26)25-21-13-11-20(12-14-21)24-19-6-4-3-5-7-19/h3-17,24H,2H2,1H3,(H,25,26)/b17-10+. The molecule has 0 spiro atoms. The van der Waals surface area contributed by atoms with Crippen molar-refractivity contribution < 1.29 is 9.53 Å². The topological polar surface area (TPSA) is 50.4 Å². The number of benzene rings is 3. The Morgan fingerprint density at radius 3 is 2.15 bits per heavy atom. The SMILES string of the molecule is CCOc1ccc(/C=C/C(=O)Nc2ccc(Nc3ccccc3)cc2)cc1. The second-order valence-electron chi connectivity index (χ2n) is 5.89. The van der Waals surface area contributed by atoms with E-state index in [0.717, 1.165) is 28.4 Å². The van der Waals surface area contributed by atoms with Gasteiger partial charge in [0.15, 0.2) is 0 Å². The molecule has 3 rings (SSSR count). The molecule has 0 atom stereocenters. The van der Waals surface area contributed by atoms with Gasteiger partial charge in [-0.2, -0.15) is 0 Å². The first-order chi connectivity index (χ1) is 13.2. The fourth-order valence-corrected chi connectivity index (χ4v) is 2.52. The molecule has 4 nitrogen and oxygen atoms in total. The van der Waals surface area contributed by atoms with E-state index < -0.39 is 0 Å². The minimum Gasteiger partial charge on any atom is -0.494 e. The highest BCUT2D eigenvalue weighted by molar-refractivity contribution is 6.02. The third-order valence-corrected chi connectivity index (χ3v) is 3.83. The average Bonchev–Trinajstić information content (AvgIpc) is 2.70.